The molecule has 1 aromatic carbocycles. The Hall–Kier alpha value is -1.03. The molecular formula is C15H18ClNO2. The van der Waals surface area contributed by atoms with E-state index >= 15 is 0 Å². The smallest absolute Gasteiger partial charge is 0.140 e. The second-order valence-corrected chi connectivity index (χ2v) is 6.26. The fraction of sp³-hybridized carbons (Fsp3) is 0.467. The molecule has 1 N–H and O–H groups in total. The van der Waals surface area contributed by atoms with Crippen LogP contribution in [0, 0.1) is 0 Å². The van der Waals surface area contributed by atoms with Crippen molar-refractivity contribution in [3.63, 3.8) is 0 Å². The van der Waals surface area contributed by atoms with E-state index in [9.17, 15) is 5.11 Å². The van der Waals surface area contributed by atoms with Crippen molar-refractivity contribution < 1.29 is 9.52 Å². The van der Waals surface area contributed by atoms with E-state index in [1.807, 2.05) is 12.1 Å². The Balaban J connectivity index is 2.37. The minimum Gasteiger partial charge on any atom is -0.458 e. The van der Waals surface area contributed by atoms with Gasteiger partial charge in [0.05, 0.1) is 0 Å². The highest BCUT2D eigenvalue weighted by Crippen LogP contribution is 2.39. The van der Waals surface area contributed by atoms with Gasteiger partial charge in [-0.15, -0.1) is 0 Å². The molecule has 1 aromatic heterocycles. The summed E-state index contributed by atoms with van der Waals surface area (Å²) in [7, 11) is 2.08. The summed E-state index contributed by atoms with van der Waals surface area (Å²) >= 11 is 6.33. The molecule has 0 fully saturated rings. The van der Waals surface area contributed by atoms with E-state index in [0.717, 1.165) is 46.6 Å². The molecule has 102 valence electrons. The highest BCUT2D eigenvalue weighted by molar-refractivity contribution is 6.32. The van der Waals surface area contributed by atoms with Crippen molar-refractivity contribution in [2.75, 3.05) is 13.6 Å². The zero-order chi connectivity index (χ0) is 13.8. The van der Waals surface area contributed by atoms with E-state index in [0.29, 0.717) is 5.76 Å². The molecule has 1 aliphatic heterocycles. The average molecular weight is 280 g/mol. The summed E-state index contributed by atoms with van der Waals surface area (Å²) in [5, 5.41) is 12.2. The first-order valence-corrected chi connectivity index (χ1v) is 6.90. The quantitative estimate of drug-likeness (QED) is 0.870. The number of furan rings is 1. The van der Waals surface area contributed by atoms with Gasteiger partial charge >= 0.3 is 0 Å². The van der Waals surface area contributed by atoms with Gasteiger partial charge in [-0.05, 0) is 45.0 Å². The van der Waals surface area contributed by atoms with Crippen LogP contribution in [0.4, 0.5) is 0 Å². The van der Waals surface area contributed by atoms with Gasteiger partial charge in [-0.25, -0.2) is 0 Å². The molecule has 0 aliphatic carbocycles. The zero-order valence-corrected chi connectivity index (χ0v) is 12.2. The van der Waals surface area contributed by atoms with Gasteiger partial charge in [-0.2, -0.15) is 0 Å². The summed E-state index contributed by atoms with van der Waals surface area (Å²) in [5.41, 5.74) is 2.04. The molecule has 2 aromatic rings. The second-order valence-electron chi connectivity index (χ2n) is 5.86. The number of likely N-dealkylation sites (N-methyl/N-ethyl adjacent to an activating group) is 1. The normalized spacial score (nSPS) is 16.9. The predicted molar refractivity (Wildman–Crippen MR) is 76.5 cm³/mol. The summed E-state index contributed by atoms with van der Waals surface area (Å²) < 4.78 is 5.90. The molecule has 3 rings (SSSR count). The van der Waals surface area contributed by atoms with Crippen molar-refractivity contribution in [2.45, 2.75) is 32.4 Å². The van der Waals surface area contributed by atoms with Crippen LogP contribution in [0.15, 0.2) is 16.5 Å². The third-order valence-corrected chi connectivity index (χ3v) is 4.09. The van der Waals surface area contributed by atoms with E-state index in [2.05, 4.69) is 11.9 Å². The molecule has 0 bridgehead atoms. The molecule has 0 atom stereocenters. The Morgan fingerprint density at radius 3 is 2.74 bits per heavy atom. The standard InChI is InChI=1S/C15H18ClNO2/c1-15(2,18)14-10-8-17(3)7-6-9-11(16)4-5-12(19-14)13(9)10/h4-5,18H,6-8H2,1-3H3. The Kier molecular flexibility index (Phi) is 2.89. The van der Waals surface area contributed by atoms with Crippen LogP contribution in [0.3, 0.4) is 0 Å². The molecule has 3 nitrogen and oxygen atoms in total. The molecule has 0 spiro atoms. The van der Waals surface area contributed by atoms with Gasteiger partial charge in [0.25, 0.3) is 0 Å². The highest BCUT2D eigenvalue weighted by atomic mass is 35.5. The van der Waals surface area contributed by atoms with Gasteiger partial charge in [-0.1, -0.05) is 11.6 Å². The van der Waals surface area contributed by atoms with Crippen molar-refractivity contribution in [1.29, 1.82) is 0 Å². The van der Waals surface area contributed by atoms with Crippen LogP contribution in [0.25, 0.3) is 11.0 Å². The predicted octanol–water partition coefficient (Wildman–Crippen LogP) is 3.30. The first-order chi connectivity index (χ1) is 8.88. The minimum atomic E-state index is -0.983. The van der Waals surface area contributed by atoms with Gasteiger partial charge in [-0.3, -0.25) is 0 Å². The fourth-order valence-electron chi connectivity index (χ4n) is 2.84. The van der Waals surface area contributed by atoms with Gasteiger partial charge < -0.3 is 14.4 Å². The number of rotatable bonds is 1. The molecule has 19 heavy (non-hydrogen) atoms. The second kappa shape index (κ2) is 4.23. The van der Waals surface area contributed by atoms with Gasteiger partial charge in [0, 0.05) is 29.1 Å². The van der Waals surface area contributed by atoms with Crippen LogP contribution in [-0.4, -0.2) is 23.6 Å². The van der Waals surface area contributed by atoms with Crippen LogP contribution in [-0.2, 0) is 18.6 Å². The zero-order valence-electron chi connectivity index (χ0n) is 11.5. The lowest BCUT2D eigenvalue weighted by atomic mass is 9.98. The Bertz CT molecular complexity index is 640. The SMILES string of the molecule is CN1CCc2c(Cl)ccc3oc(C(C)(C)O)c(c23)C1. The van der Waals surface area contributed by atoms with E-state index in [1.165, 1.54) is 0 Å². The largest absolute Gasteiger partial charge is 0.458 e. The molecule has 1 aliphatic rings. The van der Waals surface area contributed by atoms with Crippen LogP contribution in [0.2, 0.25) is 5.02 Å². The number of halogens is 1. The number of aliphatic hydroxyl groups is 1. The maximum atomic E-state index is 10.3. The number of hydrogen-bond donors (Lipinski definition) is 1. The summed E-state index contributed by atoms with van der Waals surface area (Å²) in [6.07, 6.45) is 0.907. The molecule has 0 amide bonds. The molecule has 0 radical (unpaired) electrons. The third kappa shape index (κ3) is 2.06. The minimum absolute atomic E-state index is 0.653. The Labute approximate surface area is 117 Å². The van der Waals surface area contributed by atoms with Gasteiger partial charge in [0.2, 0.25) is 0 Å². The topological polar surface area (TPSA) is 36.6 Å². The van der Waals surface area contributed by atoms with Crippen molar-refractivity contribution in [3.05, 3.63) is 34.0 Å². The lowest BCUT2D eigenvalue weighted by Crippen LogP contribution is -2.22. The lowest BCUT2D eigenvalue weighted by Gasteiger charge is -2.19. The number of benzene rings is 1. The van der Waals surface area contributed by atoms with Crippen LogP contribution < -0.4 is 0 Å². The van der Waals surface area contributed by atoms with Crippen LogP contribution in [0.5, 0.6) is 0 Å². The molecule has 0 unspecified atom stereocenters. The van der Waals surface area contributed by atoms with Crippen molar-refractivity contribution >= 4 is 22.6 Å². The molecular weight excluding hydrogens is 262 g/mol. The molecule has 0 saturated carbocycles. The van der Waals surface area contributed by atoms with Gasteiger partial charge in [0.15, 0.2) is 0 Å². The summed E-state index contributed by atoms with van der Waals surface area (Å²) in [4.78, 5) is 2.23. The van der Waals surface area contributed by atoms with Crippen molar-refractivity contribution in [1.82, 2.24) is 4.90 Å². The monoisotopic (exact) mass is 279 g/mol. The van der Waals surface area contributed by atoms with E-state index < -0.39 is 5.60 Å². The van der Waals surface area contributed by atoms with Crippen LogP contribution >= 0.6 is 11.6 Å². The first kappa shape index (κ1) is 13.0. The average Bonchev–Trinajstić information content (AvgIpc) is 2.57. The Morgan fingerprint density at radius 1 is 1.32 bits per heavy atom. The lowest BCUT2D eigenvalue weighted by molar-refractivity contribution is 0.0538. The first-order valence-electron chi connectivity index (χ1n) is 6.52. The molecule has 0 saturated heterocycles. The highest BCUT2D eigenvalue weighted by Gasteiger charge is 2.30. The van der Waals surface area contributed by atoms with Crippen LogP contribution in [0.1, 0.15) is 30.7 Å². The maximum Gasteiger partial charge on any atom is 0.140 e. The van der Waals surface area contributed by atoms with Crippen molar-refractivity contribution in [3.8, 4) is 0 Å². The van der Waals surface area contributed by atoms with Gasteiger partial charge in [0.1, 0.15) is 16.9 Å². The molecule has 2 heterocycles. The maximum absolute atomic E-state index is 10.3. The third-order valence-electron chi connectivity index (χ3n) is 3.73. The Morgan fingerprint density at radius 2 is 2.05 bits per heavy atom. The van der Waals surface area contributed by atoms with E-state index in [1.54, 1.807) is 13.8 Å². The molecule has 4 heteroatoms. The van der Waals surface area contributed by atoms with E-state index in [4.69, 9.17) is 16.0 Å². The number of hydrogen-bond acceptors (Lipinski definition) is 3. The summed E-state index contributed by atoms with van der Waals surface area (Å²) in [6.45, 7) is 5.25. The fourth-order valence-corrected chi connectivity index (χ4v) is 3.09. The van der Waals surface area contributed by atoms with Crippen molar-refractivity contribution in [2.24, 2.45) is 0 Å². The van der Waals surface area contributed by atoms with E-state index in [-0.39, 0.29) is 0 Å². The summed E-state index contributed by atoms with van der Waals surface area (Å²) in [6, 6.07) is 3.78. The summed E-state index contributed by atoms with van der Waals surface area (Å²) in [5.74, 6) is 0.653. The number of nitrogens with zero attached hydrogens (tertiary/aromatic N) is 1.